The van der Waals surface area contributed by atoms with Crippen LogP contribution >= 0.6 is 0 Å². The number of aromatic nitrogens is 4. The van der Waals surface area contributed by atoms with E-state index >= 15 is 0 Å². The monoisotopic (exact) mass is 435 g/mol. The SMILES string of the molecule is O=C1OCCN1c1cnc(NC[C@H]2CC[C@H](Nc3ccc4ccnc(O)c4n3)CC2)nc1. The number of carbonyl (C=O) groups is 1. The van der Waals surface area contributed by atoms with Crippen molar-refractivity contribution in [1.29, 1.82) is 0 Å². The lowest BCUT2D eigenvalue weighted by Gasteiger charge is -2.29. The molecule has 2 aliphatic rings. The van der Waals surface area contributed by atoms with Crippen molar-refractivity contribution in [3.8, 4) is 5.88 Å². The summed E-state index contributed by atoms with van der Waals surface area (Å²) in [6, 6.07) is 6.07. The molecule has 3 aromatic heterocycles. The highest BCUT2D eigenvalue weighted by Gasteiger charge is 2.24. The molecule has 0 unspecified atom stereocenters. The van der Waals surface area contributed by atoms with Gasteiger partial charge in [0.2, 0.25) is 11.8 Å². The molecule has 0 radical (unpaired) electrons. The summed E-state index contributed by atoms with van der Waals surface area (Å²) < 4.78 is 4.94. The molecule has 1 aliphatic heterocycles. The van der Waals surface area contributed by atoms with E-state index in [9.17, 15) is 9.90 Å². The Morgan fingerprint density at radius 1 is 1.09 bits per heavy atom. The minimum atomic E-state index is -0.355. The zero-order valence-corrected chi connectivity index (χ0v) is 17.6. The smallest absolute Gasteiger partial charge is 0.414 e. The number of cyclic esters (lactones) is 1. The number of aromatic hydroxyl groups is 1. The van der Waals surface area contributed by atoms with Crippen molar-refractivity contribution in [3.63, 3.8) is 0 Å². The molecule has 32 heavy (non-hydrogen) atoms. The first kappa shape index (κ1) is 20.2. The molecule has 1 saturated carbocycles. The molecular weight excluding hydrogens is 410 g/mol. The van der Waals surface area contributed by atoms with Gasteiger partial charge in [0.1, 0.15) is 17.9 Å². The topological polar surface area (TPSA) is 125 Å². The van der Waals surface area contributed by atoms with Crippen molar-refractivity contribution in [3.05, 3.63) is 36.8 Å². The standard InChI is InChI=1S/C22H25N7O3/c30-20-19-15(7-8-23-20)3-6-18(28-19)27-16-4-1-14(2-5-16)11-24-21-25-12-17(13-26-21)29-9-10-32-22(29)31/h3,6-8,12-14,16H,1-2,4-5,9-11H2,(H,23,30)(H,27,28)(H,24,25,26)/t14-,16-. The van der Waals surface area contributed by atoms with Gasteiger partial charge in [-0.05, 0) is 49.8 Å². The molecular formula is C22H25N7O3. The number of anilines is 3. The number of nitrogens with zero attached hydrogens (tertiary/aromatic N) is 5. The summed E-state index contributed by atoms with van der Waals surface area (Å²) in [5.41, 5.74) is 1.17. The van der Waals surface area contributed by atoms with E-state index in [-0.39, 0.29) is 12.0 Å². The number of hydrogen-bond donors (Lipinski definition) is 3. The highest BCUT2D eigenvalue weighted by Crippen LogP contribution is 2.28. The lowest BCUT2D eigenvalue weighted by molar-refractivity contribution is 0.181. The van der Waals surface area contributed by atoms with Gasteiger partial charge in [-0.15, -0.1) is 0 Å². The summed E-state index contributed by atoms with van der Waals surface area (Å²) in [5.74, 6) is 1.83. The zero-order chi connectivity index (χ0) is 21.9. The van der Waals surface area contributed by atoms with Crippen molar-refractivity contribution in [2.45, 2.75) is 31.7 Å². The first-order valence-electron chi connectivity index (χ1n) is 10.9. The van der Waals surface area contributed by atoms with Crippen LogP contribution < -0.4 is 15.5 Å². The number of carbonyl (C=O) groups excluding carboxylic acids is 1. The molecule has 0 aromatic carbocycles. The van der Waals surface area contributed by atoms with Crippen LogP contribution in [0.2, 0.25) is 0 Å². The highest BCUT2D eigenvalue weighted by molar-refractivity contribution is 5.88. The van der Waals surface area contributed by atoms with Gasteiger partial charge in [0.15, 0.2) is 0 Å². The fourth-order valence-electron chi connectivity index (χ4n) is 4.25. The van der Waals surface area contributed by atoms with E-state index in [2.05, 4.69) is 30.6 Å². The minimum absolute atomic E-state index is 0.0449. The molecule has 166 valence electrons. The van der Waals surface area contributed by atoms with E-state index in [1.165, 1.54) is 4.90 Å². The Bertz CT molecular complexity index is 1100. The first-order chi connectivity index (χ1) is 15.7. The number of pyridine rings is 2. The van der Waals surface area contributed by atoms with Gasteiger partial charge in [0.05, 0.1) is 24.6 Å². The third-order valence-electron chi connectivity index (χ3n) is 6.05. The predicted octanol–water partition coefficient (Wildman–Crippen LogP) is 3.16. The number of hydrogen-bond acceptors (Lipinski definition) is 9. The van der Waals surface area contributed by atoms with Crippen LogP contribution in [0, 0.1) is 5.92 Å². The van der Waals surface area contributed by atoms with Crippen LogP contribution in [-0.2, 0) is 4.74 Å². The van der Waals surface area contributed by atoms with Crippen molar-refractivity contribution in [2.24, 2.45) is 5.92 Å². The molecule has 4 heterocycles. The van der Waals surface area contributed by atoms with Gasteiger partial charge in [0.25, 0.3) is 0 Å². The third-order valence-corrected chi connectivity index (χ3v) is 6.05. The number of amides is 1. The van der Waals surface area contributed by atoms with Crippen molar-refractivity contribution in [2.75, 3.05) is 35.2 Å². The molecule has 1 saturated heterocycles. The first-order valence-corrected chi connectivity index (χ1v) is 10.9. The molecule has 1 amide bonds. The Morgan fingerprint density at radius 2 is 1.91 bits per heavy atom. The summed E-state index contributed by atoms with van der Waals surface area (Å²) in [6.45, 7) is 1.73. The van der Waals surface area contributed by atoms with E-state index in [0.717, 1.165) is 43.4 Å². The molecule has 5 rings (SSSR count). The maximum atomic E-state index is 11.6. The maximum Gasteiger partial charge on any atom is 0.414 e. The van der Waals surface area contributed by atoms with Gasteiger partial charge in [-0.25, -0.2) is 24.7 Å². The molecule has 1 aliphatic carbocycles. The Morgan fingerprint density at radius 3 is 2.66 bits per heavy atom. The number of nitrogens with one attached hydrogen (secondary N) is 2. The van der Waals surface area contributed by atoms with Gasteiger partial charge in [-0.1, -0.05) is 0 Å². The fourth-order valence-corrected chi connectivity index (χ4v) is 4.25. The van der Waals surface area contributed by atoms with Crippen molar-refractivity contribution in [1.82, 2.24) is 19.9 Å². The highest BCUT2D eigenvalue weighted by atomic mass is 16.6. The van der Waals surface area contributed by atoms with Gasteiger partial charge in [0, 0.05) is 24.2 Å². The predicted molar refractivity (Wildman–Crippen MR) is 120 cm³/mol. The summed E-state index contributed by atoms with van der Waals surface area (Å²) in [6.07, 6.45) is 8.77. The molecule has 3 N–H and O–H groups in total. The van der Waals surface area contributed by atoms with E-state index in [1.54, 1.807) is 18.6 Å². The summed E-state index contributed by atoms with van der Waals surface area (Å²) in [4.78, 5) is 30.2. The number of ether oxygens (including phenoxy) is 1. The summed E-state index contributed by atoms with van der Waals surface area (Å²) in [5, 5.41) is 17.6. The second kappa shape index (κ2) is 8.81. The molecule has 0 spiro atoms. The largest absolute Gasteiger partial charge is 0.492 e. The average Bonchev–Trinajstić information content (AvgIpc) is 3.25. The third kappa shape index (κ3) is 4.34. The zero-order valence-electron chi connectivity index (χ0n) is 17.6. The Hall–Kier alpha value is -3.69. The van der Waals surface area contributed by atoms with Crippen LogP contribution in [0.4, 0.5) is 22.2 Å². The Kier molecular flexibility index (Phi) is 5.57. The van der Waals surface area contributed by atoms with Gasteiger partial charge >= 0.3 is 6.09 Å². The average molecular weight is 435 g/mol. The Labute approximate surface area is 185 Å². The molecule has 0 atom stereocenters. The van der Waals surface area contributed by atoms with Gasteiger partial charge in [-0.2, -0.15) is 0 Å². The second-order valence-electron chi connectivity index (χ2n) is 8.18. The maximum absolute atomic E-state index is 11.6. The van der Waals surface area contributed by atoms with Crippen LogP contribution in [0.5, 0.6) is 5.88 Å². The van der Waals surface area contributed by atoms with Gasteiger partial charge in [-0.3, -0.25) is 4.90 Å². The van der Waals surface area contributed by atoms with Crippen LogP contribution in [0.25, 0.3) is 10.9 Å². The molecule has 3 aromatic rings. The minimum Gasteiger partial charge on any atom is -0.492 e. The van der Waals surface area contributed by atoms with Crippen LogP contribution in [-0.4, -0.2) is 56.9 Å². The summed E-state index contributed by atoms with van der Waals surface area (Å²) >= 11 is 0. The molecule has 10 heteroatoms. The normalized spacial score (nSPS) is 20.9. The van der Waals surface area contributed by atoms with Crippen LogP contribution in [0.3, 0.4) is 0 Å². The van der Waals surface area contributed by atoms with Crippen LogP contribution in [0.15, 0.2) is 36.8 Å². The number of rotatable bonds is 6. The lowest BCUT2D eigenvalue weighted by Crippen LogP contribution is -2.29. The Balaban J connectivity index is 1.10. The summed E-state index contributed by atoms with van der Waals surface area (Å²) in [7, 11) is 0. The molecule has 10 nitrogen and oxygen atoms in total. The van der Waals surface area contributed by atoms with E-state index in [4.69, 9.17) is 4.74 Å². The van der Waals surface area contributed by atoms with Gasteiger partial charge < -0.3 is 20.5 Å². The number of fused-ring (bicyclic) bond motifs is 1. The van der Waals surface area contributed by atoms with Crippen LogP contribution in [0.1, 0.15) is 25.7 Å². The quantitative estimate of drug-likeness (QED) is 0.535. The second-order valence-corrected chi connectivity index (χ2v) is 8.18. The molecule has 0 bridgehead atoms. The van der Waals surface area contributed by atoms with Crippen molar-refractivity contribution < 1.29 is 14.6 Å². The van der Waals surface area contributed by atoms with E-state index in [0.29, 0.717) is 42.3 Å². The molecule has 2 fully saturated rings. The lowest BCUT2D eigenvalue weighted by atomic mass is 9.86. The van der Waals surface area contributed by atoms with E-state index in [1.807, 2.05) is 18.2 Å². The van der Waals surface area contributed by atoms with Crippen molar-refractivity contribution >= 4 is 34.4 Å². The van der Waals surface area contributed by atoms with E-state index < -0.39 is 0 Å². The fraction of sp³-hybridized carbons (Fsp3) is 0.409.